The van der Waals surface area contributed by atoms with E-state index in [0.29, 0.717) is 5.96 Å². The van der Waals surface area contributed by atoms with Gasteiger partial charge in [-0.25, -0.2) is 9.97 Å². The summed E-state index contributed by atoms with van der Waals surface area (Å²) in [7, 11) is 0. The maximum atomic E-state index is 6.10. The number of rotatable bonds is 5. The van der Waals surface area contributed by atoms with E-state index in [2.05, 4.69) is 29.3 Å². The number of guanidine groups is 1. The molecular weight excluding hydrogens is 425 g/mol. The molecule has 0 saturated carbocycles. The highest BCUT2D eigenvalue weighted by Crippen LogP contribution is 2.18. The Morgan fingerprint density at radius 2 is 2.09 bits per heavy atom. The van der Waals surface area contributed by atoms with E-state index in [1.54, 1.807) is 17.5 Å². The zero-order valence-electron chi connectivity index (χ0n) is 12.9. The van der Waals surface area contributed by atoms with Crippen LogP contribution in [0.4, 0.5) is 5.13 Å². The number of aryl methyl sites for hydroxylation is 1. The molecule has 2 aromatic heterocycles. The summed E-state index contributed by atoms with van der Waals surface area (Å²) in [6.45, 7) is 5.36. The number of piperazine rings is 1. The Hall–Kier alpha value is -1.36. The molecule has 3 heterocycles. The fourth-order valence-corrected chi connectivity index (χ4v) is 3.16. The highest BCUT2D eigenvalue weighted by molar-refractivity contribution is 14.0. The number of aromatic nitrogens is 3. The summed E-state index contributed by atoms with van der Waals surface area (Å²) in [5.41, 5.74) is 6.10. The van der Waals surface area contributed by atoms with Crippen molar-refractivity contribution in [3.63, 3.8) is 0 Å². The van der Waals surface area contributed by atoms with E-state index >= 15 is 0 Å². The number of nitrogens with zero attached hydrogens (tertiary/aromatic N) is 6. The molecule has 9 heteroatoms. The maximum Gasteiger partial charge on any atom is 0.191 e. The lowest BCUT2D eigenvalue weighted by Gasteiger charge is -2.35. The molecule has 0 aromatic carbocycles. The van der Waals surface area contributed by atoms with Gasteiger partial charge in [0, 0.05) is 63.2 Å². The SMILES string of the molecule is I.NC(=NCCCn1ccnc1)N1CCN(c2nccs2)CC1. The van der Waals surface area contributed by atoms with Gasteiger partial charge in [-0.2, -0.15) is 0 Å². The molecule has 126 valence electrons. The predicted octanol–water partition coefficient (Wildman–Crippen LogP) is 1.48. The third-order valence-corrected chi connectivity index (χ3v) is 4.53. The first-order valence-electron chi connectivity index (χ1n) is 7.48. The molecule has 1 aliphatic rings. The minimum atomic E-state index is 0. The fourth-order valence-electron chi connectivity index (χ4n) is 2.46. The Labute approximate surface area is 157 Å². The molecule has 0 atom stereocenters. The predicted molar refractivity (Wildman–Crippen MR) is 105 cm³/mol. The second-order valence-electron chi connectivity index (χ2n) is 5.18. The standard InChI is InChI=1S/C14H21N7S.HI/c15-13(17-2-1-5-19-6-3-16-12-19)20-7-9-21(10-8-20)14-18-4-11-22-14;/h3-4,6,11-12H,1-2,5,7-10H2,(H2,15,17);1H. The van der Waals surface area contributed by atoms with Crippen LogP contribution in [0.1, 0.15) is 6.42 Å². The van der Waals surface area contributed by atoms with Crippen molar-refractivity contribution in [2.24, 2.45) is 10.7 Å². The number of halogens is 1. The van der Waals surface area contributed by atoms with Crippen molar-refractivity contribution >= 4 is 46.4 Å². The van der Waals surface area contributed by atoms with Crippen LogP contribution in [-0.2, 0) is 6.54 Å². The van der Waals surface area contributed by atoms with E-state index in [1.165, 1.54) is 0 Å². The van der Waals surface area contributed by atoms with Crippen LogP contribution in [0, 0.1) is 0 Å². The first-order valence-corrected chi connectivity index (χ1v) is 8.36. The molecule has 2 aromatic rings. The van der Waals surface area contributed by atoms with Crippen LogP contribution in [0.5, 0.6) is 0 Å². The van der Waals surface area contributed by atoms with Crippen molar-refractivity contribution in [1.29, 1.82) is 0 Å². The van der Waals surface area contributed by atoms with Crippen LogP contribution < -0.4 is 10.6 Å². The Kier molecular flexibility index (Phi) is 7.09. The number of imidazole rings is 1. The Balaban J connectivity index is 0.00000192. The van der Waals surface area contributed by atoms with Crippen molar-refractivity contribution in [3.05, 3.63) is 30.3 Å². The van der Waals surface area contributed by atoms with Crippen molar-refractivity contribution in [3.8, 4) is 0 Å². The Bertz CT molecular complexity index is 576. The average Bonchev–Trinajstić information content (AvgIpc) is 3.25. The molecule has 1 aliphatic heterocycles. The number of hydrogen-bond donors (Lipinski definition) is 1. The second kappa shape index (κ2) is 9.06. The topological polar surface area (TPSA) is 75.6 Å². The summed E-state index contributed by atoms with van der Waals surface area (Å²) in [6, 6.07) is 0. The van der Waals surface area contributed by atoms with E-state index in [1.807, 2.05) is 24.1 Å². The number of thiazole rings is 1. The molecule has 1 fully saturated rings. The molecule has 2 N–H and O–H groups in total. The summed E-state index contributed by atoms with van der Waals surface area (Å²) in [6.07, 6.45) is 8.40. The summed E-state index contributed by atoms with van der Waals surface area (Å²) in [5, 5.41) is 3.10. The fraction of sp³-hybridized carbons (Fsp3) is 0.500. The summed E-state index contributed by atoms with van der Waals surface area (Å²) in [5.74, 6) is 0.657. The lowest BCUT2D eigenvalue weighted by atomic mass is 10.3. The third kappa shape index (κ3) is 5.06. The molecule has 0 bridgehead atoms. The molecule has 0 radical (unpaired) electrons. The van der Waals surface area contributed by atoms with Crippen molar-refractivity contribution in [2.45, 2.75) is 13.0 Å². The van der Waals surface area contributed by atoms with Gasteiger partial charge in [0.2, 0.25) is 0 Å². The first-order chi connectivity index (χ1) is 10.8. The number of aliphatic imine (C=N–C) groups is 1. The quantitative estimate of drug-likeness (QED) is 0.325. The van der Waals surface area contributed by atoms with E-state index in [9.17, 15) is 0 Å². The minimum Gasteiger partial charge on any atom is -0.370 e. The number of hydrogen-bond acceptors (Lipinski definition) is 5. The van der Waals surface area contributed by atoms with Crippen LogP contribution in [0.25, 0.3) is 0 Å². The normalized spacial score (nSPS) is 15.6. The van der Waals surface area contributed by atoms with Gasteiger partial charge in [-0.3, -0.25) is 4.99 Å². The molecule has 3 rings (SSSR count). The largest absolute Gasteiger partial charge is 0.370 e. The lowest BCUT2D eigenvalue weighted by Crippen LogP contribution is -2.51. The van der Waals surface area contributed by atoms with Gasteiger partial charge in [-0.15, -0.1) is 35.3 Å². The summed E-state index contributed by atoms with van der Waals surface area (Å²) >= 11 is 1.68. The van der Waals surface area contributed by atoms with Crippen LogP contribution in [0.2, 0.25) is 0 Å². The highest BCUT2D eigenvalue weighted by Gasteiger charge is 2.19. The third-order valence-electron chi connectivity index (χ3n) is 3.70. The molecule has 1 saturated heterocycles. The van der Waals surface area contributed by atoms with Crippen LogP contribution >= 0.6 is 35.3 Å². The van der Waals surface area contributed by atoms with Gasteiger partial charge < -0.3 is 20.1 Å². The molecule has 0 aliphatic carbocycles. The lowest BCUT2D eigenvalue weighted by molar-refractivity contribution is 0.380. The number of nitrogens with two attached hydrogens (primary N) is 1. The monoisotopic (exact) mass is 447 g/mol. The zero-order valence-corrected chi connectivity index (χ0v) is 16.1. The molecule has 0 unspecified atom stereocenters. The van der Waals surface area contributed by atoms with Crippen LogP contribution in [0.15, 0.2) is 35.3 Å². The van der Waals surface area contributed by atoms with E-state index < -0.39 is 0 Å². The smallest absolute Gasteiger partial charge is 0.191 e. The van der Waals surface area contributed by atoms with Crippen LogP contribution in [0.3, 0.4) is 0 Å². The summed E-state index contributed by atoms with van der Waals surface area (Å²) < 4.78 is 2.05. The van der Waals surface area contributed by atoms with Gasteiger partial charge in [0.05, 0.1) is 6.33 Å². The van der Waals surface area contributed by atoms with Gasteiger partial charge in [-0.1, -0.05) is 0 Å². The highest BCUT2D eigenvalue weighted by atomic mass is 127. The van der Waals surface area contributed by atoms with E-state index in [4.69, 9.17) is 5.73 Å². The van der Waals surface area contributed by atoms with Crippen molar-refractivity contribution in [2.75, 3.05) is 37.6 Å². The Morgan fingerprint density at radius 3 is 2.74 bits per heavy atom. The zero-order chi connectivity index (χ0) is 15.2. The molecule has 0 spiro atoms. The van der Waals surface area contributed by atoms with Gasteiger partial charge in [0.1, 0.15) is 0 Å². The second-order valence-corrected chi connectivity index (χ2v) is 6.06. The number of anilines is 1. The molecule has 23 heavy (non-hydrogen) atoms. The summed E-state index contributed by atoms with van der Waals surface area (Å²) in [4.78, 5) is 17.3. The van der Waals surface area contributed by atoms with Crippen molar-refractivity contribution in [1.82, 2.24) is 19.4 Å². The van der Waals surface area contributed by atoms with Gasteiger partial charge in [-0.05, 0) is 6.42 Å². The minimum absolute atomic E-state index is 0. The van der Waals surface area contributed by atoms with Gasteiger partial charge in [0.25, 0.3) is 0 Å². The van der Waals surface area contributed by atoms with Crippen molar-refractivity contribution < 1.29 is 0 Å². The van der Waals surface area contributed by atoms with Gasteiger partial charge in [0.15, 0.2) is 11.1 Å². The van der Waals surface area contributed by atoms with E-state index in [-0.39, 0.29) is 24.0 Å². The Morgan fingerprint density at radius 1 is 1.26 bits per heavy atom. The first kappa shape index (κ1) is 18.0. The molecular formula is C14H22IN7S. The average molecular weight is 447 g/mol. The molecule has 0 amide bonds. The maximum absolute atomic E-state index is 6.10. The van der Waals surface area contributed by atoms with Gasteiger partial charge >= 0.3 is 0 Å². The van der Waals surface area contributed by atoms with E-state index in [0.717, 1.165) is 50.8 Å². The van der Waals surface area contributed by atoms with Crippen LogP contribution in [-0.4, -0.2) is 58.1 Å². The molecule has 7 nitrogen and oxygen atoms in total.